The summed E-state index contributed by atoms with van der Waals surface area (Å²) in [7, 11) is -3.92. The summed E-state index contributed by atoms with van der Waals surface area (Å²) >= 11 is 6.01. The lowest BCUT2D eigenvalue weighted by atomic mass is 10.2. The fourth-order valence-electron chi connectivity index (χ4n) is 2.99. The zero-order valence-electron chi connectivity index (χ0n) is 19.5. The number of aromatic amines is 1. The predicted molar refractivity (Wildman–Crippen MR) is 131 cm³/mol. The first kappa shape index (κ1) is 26.0. The van der Waals surface area contributed by atoms with Crippen molar-refractivity contribution in [1.82, 2.24) is 15.5 Å². The fraction of sp³-hybridized carbons (Fsp3) is 0.375. The number of hydrogen-bond acceptors (Lipinski definition) is 7. The summed E-state index contributed by atoms with van der Waals surface area (Å²) in [5.41, 5.74) is 1.79. The minimum Gasteiger partial charge on any atom is -0.493 e. The van der Waals surface area contributed by atoms with Crippen molar-refractivity contribution in [2.45, 2.75) is 44.2 Å². The number of hydrogen-bond donors (Lipinski definition) is 2. The quantitative estimate of drug-likeness (QED) is 0.335. The molecule has 0 aliphatic heterocycles. The maximum Gasteiger partial charge on any atom is 0.297 e. The van der Waals surface area contributed by atoms with Gasteiger partial charge in [0.25, 0.3) is 10.1 Å². The van der Waals surface area contributed by atoms with Crippen LogP contribution in [0.25, 0.3) is 0 Å². The van der Waals surface area contributed by atoms with Crippen molar-refractivity contribution in [3.8, 4) is 11.5 Å². The monoisotopic (exact) mass is 507 g/mol. The Balaban J connectivity index is 1.55. The minimum atomic E-state index is -3.92. The molecule has 184 valence electrons. The van der Waals surface area contributed by atoms with Crippen LogP contribution < -0.4 is 14.8 Å². The van der Waals surface area contributed by atoms with Gasteiger partial charge in [0.2, 0.25) is 0 Å². The molecule has 0 radical (unpaired) electrons. The van der Waals surface area contributed by atoms with Crippen LogP contribution in [0.5, 0.6) is 11.5 Å². The van der Waals surface area contributed by atoms with Crippen LogP contribution in [0.1, 0.15) is 25.1 Å². The highest BCUT2D eigenvalue weighted by atomic mass is 35.5. The third-order valence-electron chi connectivity index (χ3n) is 4.87. The highest BCUT2D eigenvalue weighted by Gasteiger charge is 2.23. The summed E-state index contributed by atoms with van der Waals surface area (Å²) in [5, 5.41) is 10.5. The van der Waals surface area contributed by atoms with E-state index < -0.39 is 16.2 Å². The molecule has 8 nitrogen and oxygen atoms in total. The number of ether oxygens (including phenoxy) is 2. The number of rotatable bonds is 13. The summed E-state index contributed by atoms with van der Waals surface area (Å²) in [5.74, 6) is 1.26. The zero-order chi connectivity index (χ0) is 24.6. The van der Waals surface area contributed by atoms with Crippen molar-refractivity contribution >= 4 is 21.7 Å². The predicted octanol–water partition coefficient (Wildman–Crippen LogP) is 4.14. The normalized spacial score (nSPS) is 12.6. The van der Waals surface area contributed by atoms with Crippen LogP contribution in [-0.2, 0) is 20.7 Å². The minimum absolute atomic E-state index is 0.0589. The Hall–Kier alpha value is -2.59. The van der Waals surface area contributed by atoms with Gasteiger partial charge in [-0.2, -0.15) is 13.5 Å². The van der Waals surface area contributed by atoms with Gasteiger partial charge in [-0.1, -0.05) is 43.1 Å². The van der Waals surface area contributed by atoms with E-state index >= 15 is 0 Å². The molecule has 0 aliphatic rings. The Labute approximate surface area is 205 Å². The molecule has 0 spiro atoms. The molecule has 1 unspecified atom stereocenters. The number of nitrogens with zero attached hydrogens (tertiary/aromatic N) is 1. The number of aryl methyl sites for hydroxylation is 1. The molecule has 0 saturated heterocycles. The Morgan fingerprint density at radius 3 is 2.26 bits per heavy atom. The second kappa shape index (κ2) is 12.2. The molecule has 0 aliphatic carbocycles. The van der Waals surface area contributed by atoms with E-state index in [0.717, 1.165) is 11.3 Å². The van der Waals surface area contributed by atoms with E-state index in [1.54, 1.807) is 42.6 Å². The maximum absolute atomic E-state index is 12.7. The summed E-state index contributed by atoms with van der Waals surface area (Å²) in [6.45, 7) is 6.67. The molecule has 3 aromatic rings. The summed E-state index contributed by atoms with van der Waals surface area (Å²) in [6, 6.07) is 13.8. The van der Waals surface area contributed by atoms with Crippen LogP contribution in [0.3, 0.4) is 0 Å². The molecule has 34 heavy (non-hydrogen) atoms. The van der Waals surface area contributed by atoms with Gasteiger partial charge in [-0.15, -0.1) is 0 Å². The molecule has 2 aromatic carbocycles. The van der Waals surface area contributed by atoms with E-state index in [1.165, 1.54) is 12.1 Å². The van der Waals surface area contributed by atoms with Gasteiger partial charge in [0.05, 0.1) is 28.4 Å². The van der Waals surface area contributed by atoms with Gasteiger partial charge in [0, 0.05) is 19.0 Å². The number of aromatic nitrogens is 2. The summed E-state index contributed by atoms with van der Waals surface area (Å²) in [4.78, 5) is 0.116. The molecule has 10 heteroatoms. The van der Waals surface area contributed by atoms with Crippen molar-refractivity contribution in [3.63, 3.8) is 0 Å². The first-order valence-electron chi connectivity index (χ1n) is 11.0. The number of nitrogens with one attached hydrogen (secondary N) is 2. The van der Waals surface area contributed by atoms with E-state index in [1.807, 2.05) is 20.8 Å². The van der Waals surface area contributed by atoms with Gasteiger partial charge in [-0.05, 0) is 43.3 Å². The Bertz CT molecular complexity index is 1130. The summed E-state index contributed by atoms with van der Waals surface area (Å²) < 4.78 is 42.5. The van der Waals surface area contributed by atoms with E-state index in [0.29, 0.717) is 36.1 Å². The van der Waals surface area contributed by atoms with Gasteiger partial charge >= 0.3 is 0 Å². The number of H-pyrrole nitrogens is 1. The van der Waals surface area contributed by atoms with Crippen LogP contribution in [0.15, 0.2) is 59.6 Å². The number of benzene rings is 2. The molecule has 0 saturated carbocycles. The molecule has 0 bridgehead atoms. The second-order valence-corrected chi connectivity index (χ2v) is 10.1. The lowest BCUT2D eigenvalue weighted by Gasteiger charge is -2.20. The van der Waals surface area contributed by atoms with Crippen molar-refractivity contribution < 1.29 is 22.1 Å². The maximum atomic E-state index is 12.7. The van der Waals surface area contributed by atoms with Gasteiger partial charge in [0.1, 0.15) is 24.2 Å². The average Bonchev–Trinajstić information content (AvgIpc) is 3.21. The van der Waals surface area contributed by atoms with Crippen molar-refractivity contribution in [2.24, 2.45) is 0 Å². The van der Waals surface area contributed by atoms with Gasteiger partial charge < -0.3 is 14.8 Å². The molecule has 3 rings (SSSR count). The fourth-order valence-corrected chi connectivity index (χ4v) is 4.24. The van der Waals surface area contributed by atoms with Crippen LogP contribution in [-0.4, -0.2) is 50.5 Å². The lowest BCUT2D eigenvalue weighted by molar-refractivity contribution is 0.130. The molecule has 1 atom stereocenters. The Morgan fingerprint density at radius 2 is 1.68 bits per heavy atom. The molecule has 0 amide bonds. The lowest BCUT2D eigenvalue weighted by Crippen LogP contribution is -2.38. The molecule has 1 heterocycles. The molecular formula is C24H30ClN3O5S. The van der Waals surface area contributed by atoms with Crippen molar-refractivity contribution in [1.29, 1.82) is 0 Å². The Kier molecular flexibility index (Phi) is 9.35. The first-order chi connectivity index (χ1) is 16.2. The van der Waals surface area contributed by atoms with Crippen LogP contribution >= 0.6 is 11.6 Å². The largest absolute Gasteiger partial charge is 0.493 e. The van der Waals surface area contributed by atoms with E-state index in [9.17, 15) is 8.42 Å². The van der Waals surface area contributed by atoms with Gasteiger partial charge in [0.15, 0.2) is 0 Å². The van der Waals surface area contributed by atoms with Crippen molar-refractivity contribution in [2.75, 3.05) is 19.8 Å². The van der Waals surface area contributed by atoms with Crippen molar-refractivity contribution in [3.05, 3.63) is 71.0 Å². The van der Waals surface area contributed by atoms with E-state index in [-0.39, 0.29) is 17.5 Å². The summed E-state index contributed by atoms with van der Waals surface area (Å²) in [6.07, 6.45) is 1.46. The smallest absolute Gasteiger partial charge is 0.297 e. The third kappa shape index (κ3) is 8.02. The van der Waals surface area contributed by atoms with E-state index in [2.05, 4.69) is 15.5 Å². The van der Waals surface area contributed by atoms with Crippen LogP contribution in [0.2, 0.25) is 5.02 Å². The first-order valence-corrected chi connectivity index (χ1v) is 12.8. The highest BCUT2D eigenvalue weighted by molar-refractivity contribution is 7.86. The van der Waals surface area contributed by atoms with Gasteiger partial charge in [-0.25, -0.2) is 0 Å². The third-order valence-corrected chi connectivity index (χ3v) is 6.57. The van der Waals surface area contributed by atoms with E-state index in [4.69, 9.17) is 25.3 Å². The van der Waals surface area contributed by atoms with Crippen LogP contribution in [0.4, 0.5) is 0 Å². The highest BCUT2D eigenvalue weighted by Crippen LogP contribution is 2.20. The molecular weight excluding hydrogens is 478 g/mol. The SMILES string of the molecule is Cc1ccc(S(=O)(=O)OC(CNC(C)C)COc2ccc(OCCc3[nH]ncc3Cl)cc2)cc1. The van der Waals surface area contributed by atoms with Crippen LogP contribution in [0, 0.1) is 6.92 Å². The molecule has 0 fully saturated rings. The molecule has 1 aromatic heterocycles. The Morgan fingerprint density at radius 1 is 1.03 bits per heavy atom. The van der Waals surface area contributed by atoms with Gasteiger partial charge in [-0.3, -0.25) is 9.28 Å². The number of halogens is 1. The standard InChI is InChI=1S/C24H30ClN3O5S/c1-17(2)26-14-21(33-34(29,30)22-10-4-18(3)5-11-22)16-32-20-8-6-19(7-9-20)31-13-12-24-23(25)15-27-28-24/h4-11,15,17,21,26H,12-14,16H2,1-3H3,(H,27,28). The topological polar surface area (TPSA) is 103 Å². The molecule has 2 N–H and O–H groups in total. The second-order valence-electron chi connectivity index (χ2n) is 8.13. The average molecular weight is 508 g/mol. The zero-order valence-corrected chi connectivity index (χ0v) is 21.0.